The molecule has 0 atom stereocenters. The smallest absolute Gasteiger partial charge is 0.252 e. The minimum atomic E-state index is -0.140. The van der Waals surface area contributed by atoms with Crippen LogP contribution in [0.1, 0.15) is 10.4 Å². The van der Waals surface area contributed by atoms with E-state index in [4.69, 9.17) is 5.11 Å². The highest BCUT2D eigenvalue weighted by molar-refractivity contribution is 9.10. The maximum atomic E-state index is 11.8. The van der Waals surface area contributed by atoms with Gasteiger partial charge in [-0.15, -0.1) is 11.3 Å². The second-order valence-electron chi connectivity index (χ2n) is 3.27. The lowest BCUT2D eigenvalue weighted by molar-refractivity contribution is 0.0947. The number of carbonyl (C=O) groups excluding carboxylic acids is 1. The second kappa shape index (κ2) is 4.95. The summed E-state index contributed by atoms with van der Waals surface area (Å²) in [7, 11) is 0. The fourth-order valence-electron chi connectivity index (χ4n) is 1.44. The van der Waals surface area contributed by atoms with Crippen molar-refractivity contribution in [2.75, 3.05) is 13.2 Å². The number of hydrogen-bond acceptors (Lipinski definition) is 3. The van der Waals surface area contributed by atoms with E-state index in [1.807, 2.05) is 23.6 Å². The average molecular weight is 300 g/mol. The largest absolute Gasteiger partial charge is 0.395 e. The molecule has 0 bridgehead atoms. The lowest BCUT2D eigenvalue weighted by Crippen LogP contribution is -2.26. The average Bonchev–Trinajstić information content (AvgIpc) is 2.68. The number of nitrogens with one attached hydrogen (secondary N) is 1. The van der Waals surface area contributed by atoms with Gasteiger partial charge in [0.25, 0.3) is 5.91 Å². The zero-order valence-corrected chi connectivity index (χ0v) is 10.8. The van der Waals surface area contributed by atoms with Crippen molar-refractivity contribution in [3.05, 3.63) is 33.6 Å². The van der Waals surface area contributed by atoms with Crippen LogP contribution >= 0.6 is 27.3 Å². The van der Waals surface area contributed by atoms with Gasteiger partial charge in [-0.1, -0.05) is 15.9 Å². The Balaban J connectivity index is 2.37. The predicted molar refractivity (Wildman–Crippen MR) is 68.9 cm³/mol. The number of halogens is 1. The molecule has 0 aliphatic rings. The summed E-state index contributed by atoms with van der Waals surface area (Å²) in [4.78, 5) is 11.8. The van der Waals surface area contributed by atoms with E-state index in [1.54, 1.807) is 11.3 Å². The van der Waals surface area contributed by atoms with Crippen molar-refractivity contribution < 1.29 is 9.90 Å². The number of aliphatic hydroxyl groups is 1. The highest BCUT2D eigenvalue weighted by atomic mass is 79.9. The molecule has 0 aliphatic heterocycles. The number of carbonyl (C=O) groups is 1. The fraction of sp³-hybridized carbons (Fsp3) is 0.182. The number of benzene rings is 1. The third kappa shape index (κ3) is 2.26. The molecule has 84 valence electrons. The molecule has 16 heavy (non-hydrogen) atoms. The number of hydrogen-bond donors (Lipinski definition) is 2. The van der Waals surface area contributed by atoms with Crippen LogP contribution in [0.5, 0.6) is 0 Å². The van der Waals surface area contributed by atoms with Gasteiger partial charge in [0.2, 0.25) is 0 Å². The molecule has 0 aliphatic carbocycles. The fourth-order valence-corrected chi connectivity index (χ4v) is 2.72. The van der Waals surface area contributed by atoms with Gasteiger partial charge >= 0.3 is 0 Å². The minimum absolute atomic E-state index is 0.0441. The normalized spacial score (nSPS) is 10.6. The Morgan fingerprint density at radius 2 is 2.31 bits per heavy atom. The van der Waals surface area contributed by atoms with E-state index in [-0.39, 0.29) is 19.1 Å². The van der Waals surface area contributed by atoms with Crippen molar-refractivity contribution in [2.45, 2.75) is 0 Å². The van der Waals surface area contributed by atoms with Gasteiger partial charge in [-0.2, -0.15) is 0 Å². The van der Waals surface area contributed by atoms with E-state index >= 15 is 0 Å². The molecule has 1 amide bonds. The first kappa shape index (κ1) is 11.6. The second-order valence-corrected chi connectivity index (χ2v) is 5.10. The number of amides is 1. The standard InChI is InChI=1S/C11H10BrNO2S/c12-7-1-2-10-8(5-7)9(6-16-10)11(15)13-3-4-14/h1-2,5-6,14H,3-4H2,(H,13,15). The van der Waals surface area contributed by atoms with Crippen LogP contribution in [0.2, 0.25) is 0 Å². The Bertz CT molecular complexity index is 524. The monoisotopic (exact) mass is 299 g/mol. The molecule has 2 N–H and O–H groups in total. The molecule has 1 heterocycles. The first-order chi connectivity index (χ1) is 7.72. The molecule has 5 heteroatoms. The summed E-state index contributed by atoms with van der Waals surface area (Å²) in [5.74, 6) is -0.140. The van der Waals surface area contributed by atoms with Crippen molar-refractivity contribution in [2.24, 2.45) is 0 Å². The Hall–Kier alpha value is -0.910. The Morgan fingerprint density at radius 1 is 1.50 bits per heavy atom. The maximum absolute atomic E-state index is 11.8. The Kier molecular flexibility index (Phi) is 3.58. The van der Waals surface area contributed by atoms with Gasteiger partial charge in [0.1, 0.15) is 0 Å². The number of thiophene rings is 1. The zero-order valence-electron chi connectivity index (χ0n) is 8.37. The predicted octanol–water partition coefficient (Wildman–Crippen LogP) is 2.39. The summed E-state index contributed by atoms with van der Waals surface area (Å²) in [6.07, 6.45) is 0. The van der Waals surface area contributed by atoms with Gasteiger partial charge in [0.15, 0.2) is 0 Å². The summed E-state index contributed by atoms with van der Waals surface area (Å²) in [6.45, 7) is 0.238. The number of rotatable bonds is 3. The molecule has 2 aromatic rings. The first-order valence-corrected chi connectivity index (χ1v) is 6.45. The summed E-state index contributed by atoms with van der Waals surface area (Å²) >= 11 is 4.93. The van der Waals surface area contributed by atoms with Crippen molar-refractivity contribution in [1.29, 1.82) is 0 Å². The molecular formula is C11H10BrNO2S. The molecule has 0 saturated heterocycles. The van der Waals surface area contributed by atoms with Gasteiger partial charge in [0, 0.05) is 26.5 Å². The molecule has 1 aromatic carbocycles. The van der Waals surface area contributed by atoms with Crippen LogP contribution in [0.15, 0.2) is 28.1 Å². The van der Waals surface area contributed by atoms with E-state index in [0.717, 1.165) is 14.6 Å². The molecular weight excluding hydrogens is 290 g/mol. The molecule has 0 radical (unpaired) electrons. The zero-order chi connectivity index (χ0) is 11.5. The summed E-state index contributed by atoms with van der Waals surface area (Å²) in [5, 5.41) is 14.1. The van der Waals surface area contributed by atoms with Gasteiger partial charge in [-0.25, -0.2) is 0 Å². The molecule has 0 saturated carbocycles. The Morgan fingerprint density at radius 3 is 3.06 bits per heavy atom. The molecule has 2 rings (SSSR count). The molecule has 3 nitrogen and oxygen atoms in total. The van der Waals surface area contributed by atoms with Gasteiger partial charge in [-0.05, 0) is 18.2 Å². The van der Waals surface area contributed by atoms with Gasteiger partial charge < -0.3 is 10.4 Å². The van der Waals surface area contributed by atoms with Crippen molar-refractivity contribution in [1.82, 2.24) is 5.32 Å². The van der Waals surface area contributed by atoms with Crippen LogP contribution in [-0.4, -0.2) is 24.2 Å². The third-order valence-electron chi connectivity index (χ3n) is 2.18. The topological polar surface area (TPSA) is 49.3 Å². The molecule has 0 unspecified atom stereocenters. The SMILES string of the molecule is O=C(NCCO)c1csc2ccc(Br)cc12. The Labute approximate surface area is 105 Å². The van der Waals surface area contributed by atoms with Crippen LogP contribution in [0, 0.1) is 0 Å². The summed E-state index contributed by atoms with van der Waals surface area (Å²) < 4.78 is 2.03. The van der Waals surface area contributed by atoms with Crippen LogP contribution in [0.4, 0.5) is 0 Å². The van der Waals surface area contributed by atoms with Gasteiger partial charge in [-0.3, -0.25) is 4.79 Å². The van der Waals surface area contributed by atoms with Crippen LogP contribution in [0.3, 0.4) is 0 Å². The first-order valence-electron chi connectivity index (χ1n) is 4.78. The maximum Gasteiger partial charge on any atom is 0.252 e. The van der Waals surface area contributed by atoms with Crippen LogP contribution in [-0.2, 0) is 0 Å². The number of aliphatic hydroxyl groups excluding tert-OH is 1. The van der Waals surface area contributed by atoms with Gasteiger partial charge in [0.05, 0.1) is 12.2 Å². The molecule has 0 fully saturated rings. The molecule has 0 spiro atoms. The van der Waals surface area contributed by atoms with E-state index in [9.17, 15) is 4.79 Å². The van der Waals surface area contributed by atoms with Crippen molar-refractivity contribution >= 4 is 43.3 Å². The van der Waals surface area contributed by atoms with Crippen molar-refractivity contribution in [3.8, 4) is 0 Å². The van der Waals surface area contributed by atoms with Crippen LogP contribution < -0.4 is 5.32 Å². The van der Waals surface area contributed by atoms with Crippen molar-refractivity contribution in [3.63, 3.8) is 0 Å². The van der Waals surface area contributed by atoms with E-state index in [2.05, 4.69) is 21.2 Å². The quantitative estimate of drug-likeness (QED) is 0.914. The summed E-state index contributed by atoms with van der Waals surface area (Å²) in [5.41, 5.74) is 0.662. The third-order valence-corrected chi connectivity index (χ3v) is 3.63. The minimum Gasteiger partial charge on any atom is -0.395 e. The number of fused-ring (bicyclic) bond motifs is 1. The highest BCUT2D eigenvalue weighted by Gasteiger charge is 2.11. The molecule has 1 aromatic heterocycles. The highest BCUT2D eigenvalue weighted by Crippen LogP contribution is 2.28. The lowest BCUT2D eigenvalue weighted by atomic mass is 10.1. The van der Waals surface area contributed by atoms with E-state index < -0.39 is 0 Å². The lowest BCUT2D eigenvalue weighted by Gasteiger charge is -2.01. The van der Waals surface area contributed by atoms with Crippen LogP contribution in [0.25, 0.3) is 10.1 Å². The summed E-state index contributed by atoms with van der Waals surface area (Å²) in [6, 6.07) is 5.86. The van der Waals surface area contributed by atoms with E-state index in [0.29, 0.717) is 5.56 Å². The van der Waals surface area contributed by atoms with E-state index in [1.165, 1.54) is 0 Å².